The van der Waals surface area contributed by atoms with Crippen LogP contribution in [0.25, 0.3) is 5.69 Å². The second kappa shape index (κ2) is 4.92. The van der Waals surface area contributed by atoms with Gasteiger partial charge < -0.3 is 0 Å². The number of para-hydroxylation sites is 1. The van der Waals surface area contributed by atoms with Crippen LogP contribution in [0.15, 0.2) is 42.6 Å². The molecule has 1 unspecified atom stereocenters. The Balaban J connectivity index is 1.95. The molecule has 1 aromatic heterocycles. The SMILES string of the molecule is NNC(c1ccnn1-c1ccccc1)C1CCC1. The summed E-state index contributed by atoms with van der Waals surface area (Å²) in [5.41, 5.74) is 5.18. The number of hydrazine groups is 1. The van der Waals surface area contributed by atoms with E-state index in [-0.39, 0.29) is 6.04 Å². The Kier molecular flexibility index (Phi) is 3.13. The lowest BCUT2D eigenvalue weighted by Crippen LogP contribution is -2.37. The van der Waals surface area contributed by atoms with Gasteiger partial charge in [0.15, 0.2) is 0 Å². The minimum Gasteiger partial charge on any atom is -0.271 e. The van der Waals surface area contributed by atoms with Crippen molar-refractivity contribution in [3.8, 4) is 5.69 Å². The molecule has 0 saturated heterocycles. The first kappa shape index (κ1) is 11.4. The second-order valence-electron chi connectivity index (χ2n) is 4.84. The second-order valence-corrected chi connectivity index (χ2v) is 4.84. The molecule has 1 aromatic carbocycles. The predicted molar refractivity (Wildman–Crippen MR) is 71.0 cm³/mol. The first-order chi connectivity index (χ1) is 8.90. The Morgan fingerprint density at radius 3 is 2.61 bits per heavy atom. The van der Waals surface area contributed by atoms with Gasteiger partial charge in [-0.3, -0.25) is 11.3 Å². The Labute approximate surface area is 107 Å². The lowest BCUT2D eigenvalue weighted by molar-refractivity contribution is 0.226. The summed E-state index contributed by atoms with van der Waals surface area (Å²) in [7, 11) is 0. The van der Waals surface area contributed by atoms with Crippen molar-refractivity contribution in [2.24, 2.45) is 11.8 Å². The first-order valence-corrected chi connectivity index (χ1v) is 6.45. The molecule has 1 aliphatic rings. The molecule has 0 bridgehead atoms. The summed E-state index contributed by atoms with van der Waals surface area (Å²) in [6.45, 7) is 0. The van der Waals surface area contributed by atoms with Crippen molar-refractivity contribution in [3.05, 3.63) is 48.3 Å². The van der Waals surface area contributed by atoms with Gasteiger partial charge in [-0.05, 0) is 37.0 Å². The fourth-order valence-corrected chi connectivity index (χ4v) is 2.57. The number of nitrogens with one attached hydrogen (secondary N) is 1. The summed E-state index contributed by atoms with van der Waals surface area (Å²) in [5, 5.41) is 4.42. The zero-order valence-electron chi connectivity index (χ0n) is 10.3. The van der Waals surface area contributed by atoms with E-state index in [0.717, 1.165) is 11.4 Å². The third kappa shape index (κ3) is 1.94. The van der Waals surface area contributed by atoms with E-state index in [1.54, 1.807) is 0 Å². The van der Waals surface area contributed by atoms with E-state index < -0.39 is 0 Å². The smallest absolute Gasteiger partial charge is 0.0661 e. The Morgan fingerprint density at radius 2 is 2.00 bits per heavy atom. The maximum absolute atomic E-state index is 5.73. The maximum atomic E-state index is 5.73. The van der Waals surface area contributed by atoms with E-state index in [1.165, 1.54) is 19.3 Å². The summed E-state index contributed by atoms with van der Waals surface area (Å²) in [5.74, 6) is 6.36. The standard InChI is InChI=1S/C14H18N4/c15-17-14(11-5-4-6-11)13-9-10-16-18(13)12-7-2-1-3-8-12/h1-3,7-11,14,17H,4-6,15H2. The van der Waals surface area contributed by atoms with Gasteiger partial charge >= 0.3 is 0 Å². The molecule has 1 fully saturated rings. The number of aromatic nitrogens is 2. The van der Waals surface area contributed by atoms with Crippen molar-refractivity contribution < 1.29 is 0 Å². The molecule has 1 atom stereocenters. The molecular weight excluding hydrogens is 224 g/mol. The van der Waals surface area contributed by atoms with Gasteiger partial charge in [0.25, 0.3) is 0 Å². The average Bonchev–Trinajstić information content (AvgIpc) is 2.83. The molecule has 0 radical (unpaired) electrons. The molecule has 3 N–H and O–H groups in total. The molecule has 94 valence electrons. The van der Waals surface area contributed by atoms with Crippen molar-refractivity contribution in [1.82, 2.24) is 15.2 Å². The summed E-state index contributed by atoms with van der Waals surface area (Å²) < 4.78 is 1.98. The number of nitrogens with two attached hydrogens (primary N) is 1. The summed E-state index contributed by atoms with van der Waals surface area (Å²) >= 11 is 0. The van der Waals surface area contributed by atoms with E-state index in [2.05, 4.69) is 28.7 Å². The highest BCUT2D eigenvalue weighted by Gasteiger charge is 2.30. The summed E-state index contributed by atoms with van der Waals surface area (Å²) in [4.78, 5) is 0. The largest absolute Gasteiger partial charge is 0.271 e. The van der Waals surface area contributed by atoms with Gasteiger partial charge in [-0.1, -0.05) is 24.6 Å². The minimum absolute atomic E-state index is 0.196. The molecule has 0 amide bonds. The van der Waals surface area contributed by atoms with E-state index in [1.807, 2.05) is 29.1 Å². The van der Waals surface area contributed by atoms with Crippen molar-refractivity contribution in [1.29, 1.82) is 0 Å². The van der Waals surface area contributed by atoms with Gasteiger partial charge in [-0.2, -0.15) is 5.10 Å². The predicted octanol–water partition coefficient (Wildman–Crippen LogP) is 2.18. The highest BCUT2D eigenvalue weighted by atomic mass is 15.3. The van der Waals surface area contributed by atoms with Gasteiger partial charge in [0, 0.05) is 6.20 Å². The molecule has 0 aliphatic heterocycles. The van der Waals surface area contributed by atoms with Crippen molar-refractivity contribution in [2.45, 2.75) is 25.3 Å². The van der Waals surface area contributed by atoms with Crippen LogP contribution in [-0.4, -0.2) is 9.78 Å². The Hall–Kier alpha value is -1.65. The molecule has 18 heavy (non-hydrogen) atoms. The fraction of sp³-hybridized carbons (Fsp3) is 0.357. The highest BCUT2D eigenvalue weighted by Crippen LogP contribution is 2.37. The minimum atomic E-state index is 0.196. The van der Waals surface area contributed by atoms with Gasteiger partial charge in [0.05, 0.1) is 17.4 Å². The molecular formula is C14H18N4. The lowest BCUT2D eigenvalue weighted by atomic mass is 9.79. The van der Waals surface area contributed by atoms with Gasteiger partial charge in [0.1, 0.15) is 0 Å². The van der Waals surface area contributed by atoms with Gasteiger partial charge in [-0.25, -0.2) is 4.68 Å². The van der Waals surface area contributed by atoms with Crippen molar-refractivity contribution in [2.75, 3.05) is 0 Å². The molecule has 4 nitrogen and oxygen atoms in total. The topological polar surface area (TPSA) is 55.9 Å². The molecule has 1 heterocycles. The maximum Gasteiger partial charge on any atom is 0.0661 e. The first-order valence-electron chi connectivity index (χ1n) is 6.45. The Morgan fingerprint density at radius 1 is 1.22 bits per heavy atom. The van der Waals surface area contributed by atoms with Crippen molar-refractivity contribution in [3.63, 3.8) is 0 Å². The number of hydrogen-bond acceptors (Lipinski definition) is 3. The van der Waals surface area contributed by atoms with Crippen LogP contribution in [0.1, 0.15) is 31.0 Å². The van der Waals surface area contributed by atoms with Crippen LogP contribution in [-0.2, 0) is 0 Å². The lowest BCUT2D eigenvalue weighted by Gasteiger charge is -2.33. The van der Waals surface area contributed by atoms with Crippen LogP contribution in [0.5, 0.6) is 0 Å². The van der Waals surface area contributed by atoms with E-state index in [4.69, 9.17) is 5.84 Å². The van der Waals surface area contributed by atoms with Crippen LogP contribution in [0.3, 0.4) is 0 Å². The summed E-state index contributed by atoms with van der Waals surface area (Å²) in [6, 6.07) is 12.4. The normalized spacial score (nSPS) is 17.4. The van der Waals surface area contributed by atoms with Crippen LogP contribution < -0.4 is 11.3 Å². The third-order valence-electron chi connectivity index (χ3n) is 3.79. The number of hydrogen-bond donors (Lipinski definition) is 2. The fourth-order valence-electron chi connectivity index (χ4n) is 2.57. The highest BCUT2D eigenvalue weighted by molar-refractivity contribution is 5.33. The number of rotatable bonds is 4. The van der Waals surface area contributed by atoms with Crippen LogP contribution in [0, 0.1) is 5.92 Å². The monoisotopic (exact) mass is 242 g/mol. The number of benzene rings is 1. The van der Waals surface area contributed by atoms with E-state index in [0.29, 0.717) is 5.92 Å². The molecule has 4 heteroatoms. The van der Waals surface area contributed by atoms with Gasteiger partial charge in [0.2, 0.25) is 0 Å². The van der Waals surface area contributed by atoms with Crippen LogP contribution >= 0.6 is 0 Å². The Bertz CT molecular complexity index is 502. The third-order valence-corrected chi connectivity index (χ3v) is 3.79. The van der Waals surface area contributed by atoms with Gasteiger partial charge in [-0.15, -0.1) is 0 Å². The molecule has 0 spiro atoms. The van der Waals surface area contributed by atoms with Crippen LogP contribution in [0.2, 0.25) is 0 Å². The molecule has 3 rings (SSSR count). The zero-order valence-corrected chi connectivity index (χ0v) is 10.3. The molecule has 2 aromatic rings. The summed E-state index contributed by atoms with van der Waals surface area (Å²) in [6.07, 6.45) is 5.64. The van der Waals surface area contributed by atoms with E-state index in [9.17, 15) is 0 Å². The average molecular weight is 242 g/mol. The quantitative estimate of drug-likeness (QED) is 0.638. The van der Waals surface area contributed by atoms with E-state index >= 15 is 0 Å². The molecule has 1 aliphatic carbocycles. The molecule has 1 saturated carbocycles. The zero-order chi connectivity index (χ0) is 12.4. The van der Waals surface area contributed by atoms with Crippen LogP contribution in [0.4, 0.5) is 0 Å². The number of nitrogens with zero attached hydrogens (tertiary/aromatic N) is 2. The van der Waals surface area contributed by atoms with Crippen molar-refractivity contribution >= 4 is 0 Å².